The Morgan fingerprint density at radius 2 is 2.03 bits per heavy atom. The summed E-state index contributed by atoms with van der Waals surface area (Å²) in [4.78, 5) is 29.7. The van der Waals surface area contributed by atoms with Crippen molar-refractivity contribution >= 4 is 50.6 Å². The second-order valence-corrected chi connectivity index (χ2v) is 8.62. The van der Waals surface area contributed by atoms with Gasteiger partial charge >= 0.3 is 5.97 Å². The molecule has 2 atom stereocenters. The molecule has 2 aromatic carbocycles. The van der Waals surface area contributed by atoms with E-state index in [1.165, 1.54) is 18.0 Å². The lowest BCUT2D eigenvalue weighted by molar-refractivity contribution is -0.147. The third kappa shape index (κ3) is 5.19. The molecular formula is C23H23BrClN3O4. The van der Waals surface area contributed by atoms with E-state index in [-0.39, 0.29) is 11.5 Å². The highest BCUT2D eigenvalue weighted by atomic mass is 79.9. The van der Waals surface area contributed by atoms with Gasteiger partial charge in [-0.2, -0.15) is 9.78 Å². The van der Waals surface area contributed by atoms with Gasteiger partial charge in [0.1, 0.15) is 11.6 Å². The van der Waals surface area contributed by atoms with Gasteiger partial charge in [-0.05, 0) is 49.7 Å². The molecule has 9 heteroatoms. The van der Waals surface area contributed by atoms with Gasteiger partial charge in [-0.1, -0.05) is 41.4 Å². The molecule has 0 bridgehead atoms. The van der Waals surface area contributed by atoms with Crippen molar-refractivity contribution in [3.8, 4) is 5.75 Å². The number of ether oxygens (including phenoxy) is 2. The van der Waals surface area contributed by atoms with Crippen molar-refractivity contribution in [1.29, 1.82) is 0 Å². The van der Waals surface area contributed by atoms with Crippen molar-refractivity contribution in [3.05, 3.63) is 67.6 Å². The average Bonchev–Trinajstić information content (AvgIpc) is 2.78. The minimum atomic E-state index is -0.827. The van der Waals surface area contributed by atoms with Crippen LogP contribution in [0.2, 0.25) is 5.02 Å². The summed E-state index contributed by atoms with van der Waals surface area (Å²) in [5, 5.41) is 5.35. The average molecular weight is 521 g/mol. The first-order valence-electron chi connectivity index (χ1n) is 10.1. The van der Waals surface area contributed by atoms with E-state index in [0.29, 0.717) is 33.1 Å². The molecule has 1 aromatic heterocycles. The van der Waals surface area contributed by atoms with E-state index >= 15 is 0 Å². The van der Waals surface area contributed by atoms with Crippen molar-refractivity contribution in [1.82, 2.24) is 9.66 Å². The molecule has 168 valence electrons. The molecule has 0 radical (unpaired) electrons. The Kier molecular flexibility index (Phi) is 7.69. The molecule has 0 saturated carbocycles. The second-order valence-electron chi connectivity index (χ2n) is 7.27. The van der Waals surface area contributed by atoms with E-state index in [2.05, 4.69) is 21.0 Å². The second kappa shape index (κ2) is 10.3. The fraction of sp³-hybridized carbons (Fsp3) is 0.304. The number of esters is 1. The maximum atomic E-state index is 13.3. The van der Waals surface area contributed by atoms with Crippen LogP contribution in [0.5, 0.6) is 5.75 Å². The van der Waals surface area contributed by atoms with E-state index < -0.39 is 12.1 Å². The molecule has 0 amide bonds. The van der Waals surface area contributed by atoms with Crippen LogP contribution in [0.3, 0.4) is 0 Å². The van der Waals surface area contributed by atoms with Gasteiger partial charge in [0.2, 0.25) is 0 Å². The van der Waals surface area contributed by atoms with Gasteiger partial charge in [0.15, 0.2) is 6.10 Å². The first-order chi connectivity index (χ1) is 15.2. The minimum absolute atomic E-state index is 0.00215. The van der Waals surface area contributed by atoms with Gasteiger partial charge in [0.05, 0.1) is 24.2 Å². The lowest BCUT2D eigenvalue weighted by atomic mass is 10.1. The Balaban J connectivity index is 2.12. The molecular weight excluding hydrogens is 498 g/mol. The number of nitrogens with zero attached hydrogens (tertiary/aromatic N) is 3. The Hall–Kier alpha value is -2.71. The Morgan fingerprint density at radius 3 is 2.72 bits per heavy atom. The lowest BCUT2D eigenvalue weighted by Gasteiger charge is -2.15. The first kappa shape index (κ1) is 23.9. The van der Waals surface area contributed by atoms with Crippen molar-refractivity contribution in [3.63, 3.8) is 0 Å². The standard InChI is InChI=1S/C23H23BrClN3O4/c1-5-13(2)21-27-19-8-6-16(24)11-18(19)22(29)28(21)26-12-15-10-17(25)7-9-20(15)32-14(3)23(30)31-4/h6-14H,5H2,1-4H3/t13-,14-/m1/s1. The molecule has 7 nitrogen and oxygen atoms in total. The number of hydrogen-bond donors (Lipinski definition) is 0. The van der Waals surface area contributed by atoms with E-state index in [0.717, 1.165) is 10.9 Å². The van der Waals surface area contributed by atoms with Crippen molar-refractivity contribution in [2.45, 2.75) is 39.2 Å². The van der Waals surface area contributed by atoms with Gasteiger partial charge in [0, 0.05) is 21.0 Å². The molecule has 0 fully saturated rings. The van der Waals surface area contributed by atoms with Gasteiger partial charge < -0.3 is 9.47 Å². The normalized spacial score (nSPS) is 13.3. The smallest absolute Gasteiger partial charge is 0.346 e. The van der Waals surface area contributed by atoms with Crippen molar-refractivity contribution in [2.24, 2.45) is 5.10 Å². The molecule has 3 aromatic rings. The van der Waals surface area contributed by atoms with Crippen LogP contribution in [-0.2, 0) is 9.53 Å². The highest BCUT2D eigenvalue weighted by Gasteiger charge is 2.18. The molecule has 0 aliphatic carbocycles. The zero-order valence-corrected chi connectivity index (χ0v) is 20.5. The summed E-state index contributed by atoms with van der Waals surface area (Å²) in [7, 11) is 1.29. The number of halogens is 2. The van der Waals surface area contributed by atoms with Gasteiger partial charge in [-0.15, -0.1) is 0 Å². The van der Waals surface area contributed by atoms with Crippen LogP contribution in [-0.4, -0.2) is 35.1 Å². The van der Waals surface area contributed by atoms with Crippen LogP contribution in [0.15, 0.2) is 50.8 Å². The number of methoxy groups -OCH3 is 1. The predicted molar refractivity (Wildman–Crippen MR) is 129 cm³/mol. The summed E-state index contributed by atoms with van der Waals surface area (Å²) in [6.07, 6.45) is 1.43. The quantitative estimate of drug-likeness (QED) is 0.318. The number of hydrogen-bond acceptors (Lipinski definition) is 6. The maximum Gasteiger partial charge on any atom is 0.346 e. The van der Waals surface area contributed by atoms with E-state index in [4.69, 9.17) is 26.1 Å². The van der Waals surface area contributed by atoms with Crippen LogP contribution in [0.25, 0.3) is 10.9 Å². The third-order valence-corrected chi connectivity index (χ3v) is 5.74. The van der Waals surface area contributed by atoms with E-state index in [9.17, 15) is 9.59 Å². The highest BCUT2D eigenvalue weighted by molar-refractivity contribution is 9.10. The first-order valence-corrected chi connectivity index (χ1v) is 11.2. The molecule has 0 saturated heterocycles. The van der Waals surface area contributed by atoms with Crippen LogP contribution >= 0.6 is 27.5 Å². The third-order valence-electron chi connectivity index (χ3n) is 5.01. The Bertz CT molecular complexity index is 1240. The van der Waals surface area contributed by atoms with Crippen LogP contribution in [0, 0.1) is 0 Å². The minimum Gasteiger partial charge on any atom is -0.478 e. The summed E-state index contributed by atoms with van der Waals surface area (Å²) in [6.45, 7) is 5.59. The topological polar surface area (TPSA) is 82.8 Å². The maximum absolute atomic E-state index is 13.3. The SMILES string of the molecule is CC[C@@H](C)c1nc2ccc(Br)cc2c(=O)n1N=Cc1cc(Cl)ccc1O[C@H](C)C(=O)OC. The largest absolute Gasteiger partial charge is 0.478 e. The number of carbonyl (C=O) groups excluding carboxylic acids is 1. The number of benzene rings is 2. The van der Waals surface area contributed by atoms with Crippen molar-refractivity contribution in [2.75, 3.05) is 7.11 Å². The van der Waals surface area contributed by atoms with Crippen LogP contribution in [0.4, 0.5) is 0 Å². The van der Waals surface area contributed by atoms with Crippen LogP contribution < -0.4 is 10.3 Å². The zero-order chi connectivity index (χ0) is 23.4. The van der Waals surface area contributed by atoms with Gasteiger partial charge in [-0.25, -0.2) is 9.78 Å². The molecule has 3 rings (SSSR count). The summed E-state index contributed by atoms with van der Waals surface area (Å²) in [5.41, 5.74) is 0.832. The van der Waals surface area contributed by atoms with E-state index in [1.807, 2.05) is 19.9 Å². The predicted octanol–water partition coefficient (Wildman–Crippen LogP) is 5.15. The molecule has 1 heterocycles. The number of aromatic nitrogens is 2. The number of fused-ring (bicyclic) bond motifs is 1. The molecule has 0 unspecified atom stereocenters. The fourth-order valence-electron chi connectivity index (χ4n) is 3.03. The summed E-state index contributed by atoms with van der Waals surface area (Å²) in [6, 6.07) is 10.3. The van der Waals surface area contributed by atoms with E-state index in [1.54, 1.807) is 37.3 Å². The fourth-order valence-corrected chi connectivity index (χ4v) is 3.57. The number of rotatable bonds is 7. The van der Waals surface area contributed by atoms with Gasteiger partial charge in [-0.3, -0.25) is 4.79 Å². The summed E-state index contributed by atoms with van der Waals surface area (Å²) in [5.74, 6) is 0.423. The lowest BCUT2D eigenvalue weighted by Crippen LogP contribution is -2.25. The monoisotopic (exact) mass is 519 g/mol. The zero-order valence-electron chi connectivity index (χ0n) is 18.1. The molecule has 0 spiro atoms. The molecule has 0 aliphatic heterocycles. The van der Waals surface area contributed by atoms with Crippen molar-refractivity contribution < 1.29 is 14.3 Å². The Morgan fingerprint density at radius 1 is 1.28 bits per heavy atom. The van der Waals surface area contributed by atoms with Crippen LogP contribution in [0.1, 0.15) is 44.5 Å². The highest BCUT2D eigenvalue weighted by Crippen LogP contribution is 2.24. The molecule has 32 heavy (non-hydrogen) atoms. The summed E-state index contributed by atoms with van der Waals surface area (Å²) < 4.78 is 12.5. The Labute approximate surface area is 199 Å². The summed E-state index contributed by atoms with van der Waals surface area (Å²) >= 11 is 9.56. The number of carbonyl (C=O) groups is 1. The van der Waals surface area contributed by atoms with Gasteiger partial charge in [0.25, 0.3) is 5.56 Å². The molecule has 0 N–H and O–H groups in total. The molecule has 0 aliphatic rings.